The zero-order valence-corrected chi connectivity index (χ0v) is 19.2. The Kier molecular flexibility index (Phi) is 5.43. The molecule has 0 spiro atoms. The van der Waals surface area contributed by atoms with Gasteiger partial charge in [-0.1, -0.05) is 61.3 Å². The minimum atomic E-state index is -0.819. The van der Waals surface area contributed by atoms with Gasteiger partial charge in [0.25, 0.3) is 0 Å². The zero-order chi connectivity index (χ0) is 21.8. The van der Waals surface area contributed by atoms with Crippen LogP contribution in [0.2, 0.25) is 10.0 Å². The molecule has 4 nitrogen and oxygen atoms in total. The number of rotatable bonds is 4. The molecule has 0 saturated carbocycles. The smallest absolute Gasteiger partial charge is 0.325 e. The first-order chi connectivity index (χ1) is 14.1. The normalized spacial score (nSPS) is 30.5. The summed E-state index contributed by atoms with van der Waals surface area (Å²) in [6.07, 6.45) is 0.826. The molecular formula is C24H28Cl2N2O2. The van der Waals surface area contributed by atoms with Gasteiger partial charge in [-0.2, -0.15) is 0 Å². The predicted molar refractivity (Wildman–Crippen MR) is 121 cm³/mol. The van der Waals surface area contributed by atoms with E-state index in [0.717, 1.165) is 17.5 Å². The maximum Gasteiger partial charge on any atom is 0.325 e. The molecule has 4 rings (SSSR count). The third kappa shape index (κ3) is 3.34. The van der Waals surface area contributed by atoms with Gasteiger partial charge in [0, 0.05) is 22.0 Å². The number of nitrogens with zero attached hydrogens (tertiary/aromatic N) is 1. The van der Waals surface area contributed by atoms with Crippen LogP contribution in [0.5, 0.6) is 0 Å². The van der Waals surface area contributed by atoms with Gasteiger partial charge < -0.3 is 10.5 Å². The van der Waals surface area contributed by atoms with Crippen molar-refractivity contribution in [2.75, 3.05) is 0 Å². The first-order valence-corrected chi connectivity index (χ1v) is 11.1. The fourth-order valence-electron chi connectivity index (χ4n) is 5.40. The van der Waals surface area contributed by atoms with Crippen molar-refractivity contribution in [2.24, 2.45) is 11.7 Å². The lowest BCUT2D eigenvalue weighted by Crippen LogP contribution is -2.55. The van der Waals surface area contributed by atoms with Crippen molar-refractivity contribution in [2.45, 2.75) is 63.4 Å². The molecule has 2 aromatic carbocycles. The average Bonchev–Trinajstić information content (AvgIpc) is 3.05. The number of esters is 1. The number of carbonyl (C=O) groups is 1. The highest BCUT2D eigenvalue weighted by atomic mass is 35.5. The first kappa shape index (κ1) is 21.6. The van der Waals surface area contributed by atoms with E-state index in [-0.39, 0.29) is 17.9 Å². The van der Waals surface area contributed by atoms with E-state index in [1.807, 2.05) is 62.4 Å². The molecule has 2 fully saturated rings. The van der Waals surface area contributed by atoms with Gasteiger partial charge >= 0.3 is 5.97 Å². The molecule has 0 aromatic heterocycles. The first-order valence-electron chi connectivity index (χ1n) is 10.4. The number of hydrogen-bond acceptors (Lipinski definition) is 4. The Morgan fingerprint density at radius 2 is 1.77 bits per heavy atom. The van der Waals surface area contributed by atoms with Crippen molar-refractivity contribution >= 4 is 29.2 Å². The molecule has 160 valence electrons. The molecule has 0 bridgehead atoms. The van der Waals surface area contributed by atoms with Crippen LogP contribution in [-0.4, -0.2) is 28.7 Å². The summed E-state index contributed by atoms with van der Waals surface area (Å²) >= 11 is 12.5. The molecule has 6 heteroatoms. The lowest BCUT2D eigenvalue weighted by Gasteiger charge is -2.42. The maximum atomic E-state index is 13.2. The Balaban J connectivity index is 1.98. The van der Waals surface area contributed by atoms with Crippen molar-refractivity contribution in [3.8, 4) is 0 Å². The highest BCUT2D eigenvalue weighted by molar-refractivity contribution is 6.30. The molecule has 2 N–H and O–H groups in total. The quantitative estimate of drug-likeness (QED) is 0.645. The molecule has 2 aliphatic rings. The van der Waals surface area contributed by atoms with Crippen LogP contribution in [0.1, 0.15) is 51.2 Å². The van der Waals surface area contributed by atoms with Crippen LogP contribution in [0.3, 0.4) is 0 Å². The second kappa shape index (κ2) is 7.52. The highest BCUT2D eigenvalue weighted by Crippen LogP contribution is 2.56. The molecule has 0 radical (unpaired) electrons. The van der Waals surface area contributed by atoms with Gasteiger partial charge in [0.1, 0.15) is 6.04 Å². The summed E-state index contributed by atoms with van der Waals surface area (Å²) in [4.78, 5) is 15.4. The van der Waals surface area contributed by atoms with Crippen LogP contribution in [0.15, 0.2) is 48.5 Å². The van der Waals surface area contributed by atoms with Gasteiger partial charge in [-0.15, -0.1) is 0 Å². The number of fused-ring (bicyclic) bond motifs is 1. The van der Waals surface area contributed by atoms with Crippen molar-refractivity contribution in [1.82, 2.24) is 4.90 Å². The van der Waals surface area contributed by atoms with Gasteiger partial charge in [0.2, 0.25) is 0 Å². The molecule has 0 amide bonds. The zero-order valence-electron chi connectivity index (χ0n) is 17.7. The number of hydrogen-bond donors (Lipinski definition) is 1. The van der Waals surface area contributed by atoms with Gasteiger partial charge in [0.05, 0.1) is 5.54 Å². The summed E-state index contributed by atoms with van der Waals surface area (Å²) in [5.41, 5.74) is 7.72. The van der Waals surface area contributed by atoms with Crippen molar-refractivity contribution < 1.29 is 9.53 Å². The van der Waals surface area contributed by atoms with Crippen molar-refractivity contribution in [3.05, 3.63) is 69.7 Å². The molecule has 4 atom stereocenters. The summed E-state index contributed by atoms with van der Waals surface area (Å²) < 4.78 is 5.84. The van der Waals surface area contributed by atoms with Gasteiger partial charge in [-0.3, -0.25) is 4.79 Å². The Morgan fingerprint density at radius 1 is 1.10 bits per heavy atom. The van der Waals surface area contributed by atoms with Gasteiger partial charge in [0.15, 0.2) is 5.72 Å². The van der Waals surface area contributed by atoms with E-state index in [9.17, 15) is 4.79 Å². The molecule has 2 aliphatic heterocycles. The predicted octanol–water partition coefficient (Wildman–Crippen LogP) is 5.32. The summed E-state index contributed by atoms with van der Waals surface area (Å²) in [5, 5.41) is 1.27. The van der Waals surface area contributed by atoms with Crippen LogP contribution in [0.4, 0.5) is 0 Å². The maximum absolute atomic E-state index is 13.2. The van der Waals surface area contributed by atoms with Crippen LogP contribution < -0.4 is 5.73 Å². The number of nitrogens with two attached hydrogens (primary N) is 1. The summed E-state index contributed by atoms with van der Waals surface area (Å²) in [6.45, 7) is 8.24. The van der Waals surface area contributed by atoms with E-state index in [0.29, 0.717) is 16.0 Å². The topological polar surface area (TPSA) is 55.6 Å². The Labute approximate surface area is 188 Å². The van der Waals surface area contributed by atoms with E-state index in [1.54, 1.807) is 0 Å². The number of benzene rings is 2. The third-order valence-corrected chi connectivity index (χ3v) is 6.96. The Hall–Kier alpha value is -1.59. The second-order valence-corrected chi connectivity index (χ2v) is 10.2. The summed E-state index contributed by atoms with van der Waals surface area (Å²) in [5.74, 6) is -0.161. The van der Waals surface area contributed by atoms with Crippen LogP contribution in [0.25, 0.3) is 0 Å². The molecular weight excluding hydrogens is 419 g/mol. The highest BCUT2D eigenvalue weighted by Gasteiger charge is 2.68. The monoisotopic (exact) mass is 446 g/mol. The number of halogens is 2. The van der Waals surface area contributed by atoms with Crippen molar-refractivity contribution in [3.63, 3.8) is 0 Å². The number of ether oxygens (including phenoxy) is 1. The molecule has 0 aliphatic carbocycles. The lowest BCUT2D eigenvalue weighted by molar-refractivity contribution is -0.152. The van der Waals surface area contributed by atoms with Gasteiger partial charge in [-0.05, 0) is 61.6 Å². The minimum absolute atomic E-state index is 0.103. The molecule has 2 heterocycles. The van der Waals surface area contributed by atoms with Gasteiger partial charge in [-0.25, -0.2) is 4.90 Å². The van der Waals surface area contributed by atoms with E-state index < -0.39 is 17.3 Å². The minimum Gasteiger partial charge on any atom is -0.443 e. The van der Waals surface area contributed by atoms with Crippen LogP contribution >= 0.6 is 23.2 Å². The summed E-state index contributed by atoms with van der Waals surface area (Å²) in [6, 6.07) is 14.8. The second-order valence-electron chi connectivity index (χ2n) is 9.34. The molecule has 2 aromatic rings. The Bertz CT molecular complexity index is 960. The molecule has 2 saturated heterocycles. The fraction of sp³-hybridized carbons (Fsp3) is 0.458. The SMILES string of the molecule is CC(C)CC1N2C(C(=O)OC2(C)C)C(c2cccc(Cl)c2)C1(N)c1ccc(Cl)cc1. The van der Waals surface area contributed by atoms with E-state index >= 15 is 0 Å². The van der Waals surface area contributed by atoms with E-state index in [4.69, 9.17) is 33.7 Å². The number of carbonyl (C=O) groups excluding carboxylic acids is 1. The average molecular weight is 447 g/mol. The standard InChI is InChI=1S/C24H28Cl2N2O2/c1-14(2)12-19-24(27,16-8-10-17(25)11-9-16)20(15-6-5-7-18(26)13-15)21-22(29)30-23(3,4)28(19)21/h5-11,13-14,19-21H,12,27H2,1-4H3. The number of cyclic esters (lactones) is 1. The van der Waals surface area contributed by atoms with Crippen molar-refractivity contribution in [1.29, 1.82) is 0 Å². The van der Waals surface area contributed by atoms with Crippen LogP contribution in [-0.2, 0) is 15.1 Å². The largest absolute Gasteiger partial charge is 0.443 e. The van der Waals surface area contributed by atoms with Crippen LogP contribution in [0, 0.1) is 5.92 Å². The molecule has 4 unspecified atom stereocenters. The lowest BCUT2D eigenvalue weighted by atomic mass is 9.70. The Morgan fingerprint density at radius 3 is 2.37 bits per heavy atom. The fourth-order valence-corrected chi connectivity index (χ4v) is 5.72. The van der Waals surface area contributed by atoms with E-state index in [2.05, 4.69) is 18.7 Å². The third-order valence-electron chi connectivity index (χ3n) is 6.48. The summed E-state index contributed by atoms with van der Waals surface area (Å²) in [7, 11) is 0. The van der Waals surface area contributed by atoms with E-state index in [1.165, 1.54) is 0 Å². The molecule has 30 heavy (non-hydrogen) atoms.